The molecule has 3 aromatic carbocycles. The molecule has 2 saturated heterocycles. The van der Waals surface area contributed by atoms with Crippen molar-refractivity contribution in [2.45, 2.75) is 45.5 Å². The van der Waals surface area contributed by atoms with E-state index in [0.29, 0.717) is 44.2 Å². The fourth-order valence-electron chi connectivity index (χ4n) is 6.32. The molecule has 8 heteroatoms. The maximum atomic E-state index is 13.3. The topological polar surface area (TPSA) is 39.2 Å². The summed E-state index contributed by atoms with van der Waals surface area (Å²) in [7, 11) is 0. The van der Waals surface area contributed by atoms with Gasteiger partial charge in [0.1, 0.15) is 0 Å². The molecule has 5 nitrogen and oxygen atoms in total. The van der Waals surface area contributed by atoms with Gasteiger partial charge in [0.15, 0.2) is 0 Å². The summed E-state index contributed by atoms with van der Waals surface area (Å²) in [6, 6.07) is 20.1. The minimum Gasteiger partial charge on any atom is -0.336 e. The number of likely N-dealkylation sites (tertiary alicyclic amines) is 1. The van der Waals surface area contributed by atoms with E-state index >= 15 is 0 Å². The first-order valence-corrected chi connectivity index (χ1v) is 14.9. The van der Waals surface area contributed by atoms with Crippen LogP contribution >= 0.6 is 0 Å². The minimum atomic E-state index is -4.32. The van der Waals surface area contributed by atoms with Gasteiger partial charge < -0.3 is 4.90 Å². The molecular formula is C34H37F3N4O. The molecule has 3 aromatic rings. The van der Waals surface area contributed by atoms with E-state index < -0.39 is 11.7 Å². The Morgan fingerprint density at radius 3 is 2.02 bits per heavy atom. The molecule has 0 N–H and O–H groups in total. The largest absolute Gasteiger partial charge is 0.416 e. The number of alkyl halides is 3. The number of carbonyl (C=O) groups is 1. The average Bonchev–Trinajstić information content (AvgIpc) is 3.42. The van der Waals surface area contributed by atoms with Gasteiger partial charge in [0.05, 0.1) is 11.3 Å². The zero-order chi connectivity index (χ0) is 29.3. The van der Waals surface area contributed by atoms with E-state index in [4.69, 9.17) is 4.99 Å². The number of fused-ring (bicyclic) bond motifs is 1. The third-order valence-electron chi connectivity index (χ3n) is 8.89. The predicted molar refractivity (Wildman–Crippen MR) is 159 cm³/mol. The number of aliphatic imine (C=N–C) groups is 1. The van der Waals surface area contributed by atoms with E-state index in [-0.39, 0.29) is 5.91 Å². The molecule has 1 amide bonds. The smallest absolute Gasteiger partial charge is 0.336 e. The summed E-state index contributed by atoms with van der Waals surface area (Å²) in [5, 5.41) is 0. The monoisotopic (exact) mass is 574 g/mol. The lowest BCUT2D eigenvalue weighted by Crippen LogP contribution is -2.48. The quantitative estimate of drug-likeness (QED) is 0.337. The molecule has 0 atom stereocenters. The van der Waals surface area contributed by atoms with E-state index in [2.05, 4.69) is 41.0 Å². The number of carbonyl (C=O) groups excluding carboxylic acids is 1. The Balaban J connectivity index is 0.980. The number of hydrogen-bond acceptors (Lipinski definition) is 4. The minimum absolute atomic E-state index is 0.0323. The second-order valence-corrected chi connectivity index (χ2v) is 11.9. The highest BCUT2D eigenvalue weighted by atomic mass is 19.4. The van der Waals surface area contributed by atoms with Crippen LogP contribution in [0.15, 0.2) is 71.7 Å². The number of halogens is 3. The first-order valence-electron chi connectivity index (χ1n) is 14.9. The average molecular weight is 575 g/mol. The highest BCUT2D eigenvalue weighted by molar-refractivity contribution is 5.99. The van der Waals surface area contributed by atoms with Crippen LogP contribution in [-0.4, -0.2) is 65.6 Å². The fraction of sp³-hybridized carbons (Fsp3) is 0.412. The van der Waals surface area contributed by atoms with E-state index in [1.54, 1.807) is 0 Å². The van der Waals surface area contributed by atoms with E-state index in [0.717, 1.165) is 67.8 Å². The number of aryl methyl sites for hydroxylation is 1. The van der Waals surface area contributed by atoms with Gasteiger partial charge in [0.25, 0.3) is 5.91 Å². The molecule has 42 heavy (non-hydrogen) atoms. The van der Waals surface area contributed by atoms with Crippen molar-refractivity contribution in [1.29, 1.82) is 0 Å². The van der Waals surface area contributed by atoms with Crippen LogP contribution in [0.25, 0.3) is 0 Å². The summed E-state index contributed by atoms with van der Waals surface area (Å²) in [4.78, 5) is 24.9. The number of piperidine rings is 1. The molecule has 0 aromatic heterocycles. The van der Waals surface area contributed by atoms with Gasteiger partial charge in [-0.15, -0.1) is 0 Å². The van der Waals surface area contributed by atoms with Crippen molar-refractivity contribution in [2.75, 3.05) is 39.3 Å². The van der Waals surface area contributed by atoms with Crippen LogP contribution in [-0.2, 0) is 25.7 Å². The second kappa shape index (κ2) is 12.0. The van der Waals surface area contributed by atoms with Crippen molar-refractivity contribution in [2.24, 2.45) is 10.9 Å². The molecule has 0 radical (unpaired) electrons. The van der Waals surface area contributed by atoms with Gasteiger partial charge in [0.2, 0.25) is 0 Å². The third kappa shape index (κ3) is 6.60. The van der Waals surface area contributed by atoms with Crippen LogP contribution in [0.5, 0.6) is 0 Å². The van der Waals surface area contributed by atoms with Crippen LogP contribution in [0, 0.1) is 12.8 Å². The predicted octanol–water partition coefficient (Wildman–Crippen LogP) is 6.51. The Morgan fingerprint density at radius 1 is 0.810 bits per heavy atom. The molecule has 0 saturated carbocycles. The molecule has 0 spiro atoms. The maximum absolute atomic E-state index is 13.3. The molecule has 0 unspecified atom stereocenters. The summed E-state index contributed by atoms with van der Waals surface area (Å²) in [5.74, 6) is 0.522. The summed E-state index contributed by atoms with van der Waals surface area (Å²) in [6.07, 6.45) is -1.28. The van der Waals surface area contributed by atoms with Crippen molar-refractivity contribution in [1.82, 2.24) is 14.7 Å². The van der Waals surface area contributed by atoms with Gasteiger partial charge in [-0.1, -0.05) is 42.0 Å². The zero-order valence-corrected chi connectivity index (χ0v) is 24.0. The Labute approximate surface area is 245 Å². The van der Waals surface area contributed by atoms with Crippen LogP contribution in [0.1, 0.15) is 51.0 Å². The van der Waals surface area contributed by atoms with Crippen molar-refractivity contribution < 1.29 is 18.0 Å². The third-order valence-corrected chi connectivity index (χ3v) is 8.89. The number of benzene rings is 3. The van der Waals surface area contributed by atoms with Crippen LogP contribution in [0.3, 0.4) is 0 Å². The summed E-state index contributed by atoms with van der Waals surface area (Å²) < 4.78 is 38.5. The maximum Gasteiger partial charge on any atom is 0.416 e. The van der Waals surface area contributed by atoms with Crippen LogP contribution in [0.4, 0.5) is 18.9 Å². The number of rotatable bonds is 6. The Bertz CT molecular complexity index is 1430. The molecule has 3 aliphatic rings. The first kappa shape index (κ1) is 28.6. The summed E-state index contributed by atoms with van der Waals surface area (Å²) in [5.41, 5.74) is 6.95. The Hall–Kier alpha value is -3.49. The normalized spacial score (nSPS) is 18.7. The number of piperazine rings is 1. The molecule has 3 heterocycles. The van der Waals surface area contributed by atoms with E-state index in [9.17, 15) is 18.0 Å². The van der Waals surface area contributed by atoms with Gasteiger partial charge in [-0.3, -0.25) is 19.6 Å². The van der Waals surface area contributed by atoms with Gasteiger partial charge in [-0.05, 0) is 79.9 Å². The molecule has 0 aliphatic carbocycles. The fourth-order valence-corrected chi connectivity index (χ4v) is 6.32. The second-order valence-electron chi connectivity index (χ2n) is 11.9. The number of nitrogens with zero attached hydrogens (tertiary/aromatic N) is 4. The van der Waals surface area contributed by atoms with Gasteiger partial charge in [0, 0.05) is 62.9 Å². The lowest BCUT2D eigenvalue weighted by atomic mass is 9.89. The lowest BCUT2D eigenvalue weighted by molar-refractivity contribution is -0.137. The van der Waals surface area contributed by atoms with Gasteiger partial charge >= 0.3 is 6.18 Å². The van der Waals surface area contributed by atoms with Crippen molar-refractivity contribution in [3.05, 3.63) is 100 Å². The van der Waals surface area contributed by atoms with Crippen LogP contribution in [0.2, 0.25) is 0 Å². The molecule has 3 aliphatic heterocycles. The molecular weight excluding hydrogens is 537 g/mol. The van der Waals surface area contributed by atoms with Gasteiger partial charge in [-0.25, -0.2) is 0 Å². The SMILES string of the molecule is Cc1ccc(CN2CCC(C3=Nc4ccc(C(=O)N5CCN(Cc6ccc(C(F)(F)F)cc6)CC5)cc4C3)CC2)cc1. The van der Waals surface area contributed by atoms with E-state index in [1.165, 1.54) is 29.0 Å². The zero-order valence-electron chi connectivity index (χ0n) is 24.0. The Morgan fingerprint density at radius 2 is 1.40 bits per heavy atom. The highest BCUT2D eigenvalue weighted by Crippen LogP contribution is 2.34. The molecule has 220 valence electrons. The highest BCUT2D eigenvalue weighted by Gasteiger charge is 2.31. The van der Waals surface area contributed by atoms with E-state index in [1.807, 2.05) is 23.1 Å². The summed E-state index contributed by atoms with van der Waals surface area (Å²) >= 11 is 0. The molecule has 6 rings (SSSR count). The number of amides is 1. The van der Waals surface area contributed by atoms with Crippen LogP contribution < -0.4 is 0 Å². The van der Waals surface area contributed by atoms with Gasteiger partial charge in [-0.2, -0.15) is 13.2 Å². The first-order chi connectivity index (χ1) is 20.2. The van der Waals surface area contributed by atoms with Crippen molar-refractivity contribution >= 4 is 17.3 Å². The summed E-state index contributed by atoms with van der Waals surface area (Å²) in [6.45, 7) is 8.40. The Kier molecular flexibility index (Phi) is 8.19. The number of hydrogen-bond donors (Lipinski definition) is 0. The van der Waals surface area contributed by atoms with Crippen molar-refractivity contribution in [3.8, 4) is 0 Å². The molecule has 2 fully saturated rings. The molecule has 0 bridgehead atoms. The van der Waals surface area contributed by atoms with Crippen molar-refractivity contribution in [3.63, 3.8) is 0 Å². The standard InChI is InChI=1S/C34H37F3N4O/c1-24-2-4-25(5-3-24)22-39-14-12-27(13-15-39)32-21-29-20-28(8-11-31(29)38-32)33(42)41-18-16-40(17-19-41)23-26-6-9-30(10-7-26)34(35,36)37/h2-11,20,27H,12-19,21-23H2,1H3. The lowest BCUT2D eigenvalue weighted by Gasteiger charge is -2.35.